The van der Waals surface area contributed by atoms with Gasteiger partial charge in [0.1, 0.15) is 0 Å². The minimum absolute atomic E-state index is 0.0239. The molecule has 0 spiro atoms. The summed E-state index contributed by atoms with van der Waals surface area (Å²) < 4.78 is 27.7. The molecule has 1 aliphatic rings. The molecule has 1 aromatic rings. The molecule has 0 unspecified atom stereocenters. The molecule has 1 N–H and O–H groups in total. The molecule has 0 aliphatic carbocycles. The third-order valence-corrected chi connectivity index (χ3v) is 5.92. The summed E-state index contributed by atoms with van der Waals surface area (Å²) in [6.07, 6.45) is 0.514. The molecule has 1 fully saturated rings. The van der Waals surface area contributed by atoms with E-state index in [2.05, 4.69) is 5.32 Å². The molecule has 24 heavy (non-hydrogen) atoms. The van der Waals surface area contributed by atoms with Gasteiger partial charge in [-0.25, -0.2) is 8.42 Å². The number of carbonyl (C=O) groups is 2. The minimum Gasteiger partial charge on any atom is -0.456 e. The van der Waals surface area contributed by atoms with Crippen LogP contribution in [0.4, 0.5) is 5.69 Å². The molecule has 1 saturated heterocycles. The van der Waals surface area contributed by atoms with Gasteiger partial charge in [0.25, 0.3) is 5.91 Å². The maximum Gasteiger partial charge on any atom is 0.306 e. The van der Waals surface area contributed by atoms with Crippen molar-refractivity contribution in [1.82, 2.24) is 0 Å². The van der Waals surface area contributed by atoms with E-state index in [1.54, 1.807) is 0 Å². The molecule has 7 heteroatoms. The summed E-state index contributed by atoms with van der Waals surface area (Å²) in [5.74, 6) is -0.998. The van der Waals surface area contributed by atoms with Crippen molar-refractivity contribution in [2.75, 3.05) is 23.4 Å². The Balaban J connectivity index is 1.82. The fraction of sp³-hybridized carbons (Fsp3) is 0.529. The quantitative estimate of drug-likeness (QED) is 0.817. The van der Waals surface area contributed by atoms with E-state index in [4.69, 9.17) is 4.74 Å². The number of amides is 1. The zero-order chi connectivity index (χ0) is 17.9. The average Bonchev–Trinajstić information content (AvgIpc) is 2.79. The summed E-state index contributed by atoms with van der Waals surface area (Å²) in [4.78, 5) is 23.7. The van der Waals surface area contributed by atoms with Crippen LogP contribution in [0.5, 0.6) is 0 Å². The Kier molecular flexibility index (Phi) is 5.64. The maximum absolute atomic E-state index is 12.0. The Morgan fingerprint density at radius 1 is 1.21 bits per heavy atom. The molecule has 132 valence electrons. The van der Waals surface area contributed by atoms with E-state index in [1.807, 2.05) is 32.9 Å². The molecule has 1 heterocycles. The maximum atomic E-state index is 12.0. The van der Waals surface area contributed by atoms with Crippen molar-refractivity contribution >= 4 is 27.4 Å². The Morgan fingerprint density at radius 2 is 1.83 bits per heavy atom. The first-order valence-corrected chi connectivity index (χ1v) is 9.72. The Hall–Kier alpha value is -1.89. The van der Waals surface area contributed by atoms with Gasteiger partial charge in [-0.3, -0.25) is 9.59 Å². The third-order valence-electron chi connectivity index (χ3n) is 4.09. The van der Waals surface area contributed by atoms with Gasteiger partial charge in [-0.1, -0.05) is 17.7 Å². The molecular formula is C17H23NO5S. The largest absolute Gasteiger partial charge is 0.456 e. The second-order valence-electron chi connectivity index (χ2n) is 6.46. The molecule has 0 aromatic heterocycles. The number of ether oxygens (including phenoxy) is 1. The van der Waals surface area contributed by atoms with Crippen molar-refractivity contribution in [2.24, 2.45) is 5.92 Å². The molecule has 1 aliphatic heterocycles. The van der Waals surface area contributed by atoms with E-state index in [0.29, 0.717) is 6.42 Å². The number of benzene rings is 1. The lowest BCUT2D eigenvalue weighted by molar-refractivity contribution is -0.148. The first-order valence-electron chi connectivity index (χ1n) is 7.90. The van der Waals surface area contributed by atoms with Gasteiger partial charge < -0.3 is 10.1 Å². The highest BCUT2D eigenvalue weighted by molar-refractivity contribution is 7.91. The van der Waals surface area contributed by atoms with Crippen LogP contribution in [0.3, 0.4) is 0 Å². The fourth-order valence-electron chi connectivity index (χ4n) is 3.03. The molecule has 0 radical (unpaired) electrons. The van der Waals surface area contributed by atoms with Gasteiger partial charge in [-0.2, -0.15) is 0 Å². The highest BCUT2D eigenvalue weighted by Gasteiger charge is 2.30. The van der Waals surface area contributed by atoms with Gasteiger partial charge in [0.15, 0.2) is 16.4 Å². The number of carbonyl (C=O) groups excluding carboxylic acids is 2. The number of sulfone groups is 1. The van der Waals surface area contributed by atoms with Crippen molar-refractivity contribution in [3.63, 3.8) is 0 Å². The molecule has 6 nitrogen and oxygen atoms in total. The number of esters is 1. The predicted octanol–water partition coefficient (Wildman–Crippen LogP) is 1.92. The van der Waals surface area contributed by atoms with E-state index in [9.17, 15) is 18.0 Å². The number of anilines is 1. The first-order chi connectivity index (χ1) is 11.2. The molecular weight excluding hydrogens is 330 g/mol. The topological polar surface area (TPSA) is 89.5 Å². The number of rotatable bonds is 5. The smallest absolute Gasteiger partial charge is 0.306 e. The highest BCUT2D eigenvalue weighted by atomic mass is 32.2. The van der Waals surface area contributed by atoms with Gasteiger partial charge in [-0.15, -0.1) is 0 Å². The van der Waals surface area contributed by atoms with Crippen LogP contribution in [0.1, 0.15) is 29.5 Å². The number of hydrogen-bond donors (Lipinski definition) is 1. The lowest BCUT2D eigenvalue weighted by Crippen LogP contribution is -2.23. The van der Waals surface area contributed by atoms with Crippen LogP contribution in [0.15, 0.2) is 12.1 Å². The molecule has 0 bridgehead atoms. The Morgan fingerprint density at radius 3 is 2.38 bits per heavy atom. The standard InChI is InChI=1S/C17H23NO5S/c1-11-6-12(2)17(13(3)7-11)18-15(19)9-23-16(20)8-14-4-5-24(21,22)10-14/h6-7,14H,4-5,8-10H2,1-3H3,(H,18,19)/t14-/m0/s1. The SMILES string of the molecule is Cc1cc(C)c(NC(=O)COC(=O)C[C@@H]2CCS(=O)(=O)C2)c(C)c1. The second-order valence-corrected chi connectivity index (χ2v) is 8.68. The van der Waals surface area contributed by atoms with Gasteiger partial charge in [-0.05, 0) is 44.2 Å². The van der Waals surface area contributed by atoms with Crippen molar-refractivity contribution in [3.8, 4) is 0 Å². The Bertz CT molecular complexity index is 731. The van der Waals surface area contributed by atoms with E-state index >= 15 is 0 Å². The lowest BCUT2D eigenvalue weighted by atomic mass is 10.1. The van der Waals surface area contributed by atoms with Crippen molar-refractivity contribution in [2.45, 2.75) is 33.6 Å². The predicted molar refractivity (Wildman–Crippen MR) is 91.6 cm³/mol. The van der Waals surface area contributed by atoms with Crippen LogP contribution in [-0.4, -0.2) is 38.4 Å². The molecule has 1 atom stereocenters. The molecule has 2 rings (SSSR count). The number of hydrogen-bond acceptors (Lipinski definition) is 5. The van der Waals surface area contributed by atoms with Crippen molar-refractivity contribution < 1.29 is 22.7 Å². The van der Waals surface area contributed by atoms with E-state index in [0.717, 1.165) is 22.4 Å². The third kappa shape index (κ3) is 5.06. The molecule has 1 aromatic carbocycles. The van der Waals surface area contributed by atoms with Crippen LogP contribution in [-0.2, 0) is 24.2 Å². The van der Waals surface area contributed by atoms with Gasteiger partial charge in [0.05, 0.1) is 11.5 Å². The lowest BCUT2D eigenvalue weighted by Gasteiger charge is -2.13. The van der Waals surface area contributed by atoms with Crippen molar-refractivity contribution in [1.29, 1.82) is 0 Å². The van der Waals surface area contributed by atoms with E-state index in [-0.39, 0.29) is 30.5 Å². The van der Waals surface area contributed by atoms with Crippen molar-refractivity contribution in [3.05, 3.63) is 28.8 Å². The van der Waals surface area contributed by atoms with Crippen LogP contribution < -0.4 is 5.32 Å². The monoisotopic (exact) mass is 353 g/mol. The highest BCUT2D eigenvalue weighted by Crippen LogP contribution is 2.23. The van der Waals surface area contributed by atoms with Gasteiger partial charge in [0.2, 0.25) is 0 Å². The zero-order valence-electron chi connectivity index (χ0n) is 14.2. The summed E-state index contributed by atoms with van der Waals surface area (Å²) in [5, 5.41) is 2.76. The normalized spacial score (nSPS) is 19.0. The van der Waals surface area contributed by atoms with Crippen LogP contribution >= 0.6 is 0 Å². The molecule has 1 amide bonds. The summed E-state index contributed by atoms with van der Waals surface area (Å²) in [5.41, 5.74) is 3.73. The summed E-state index contributed by atoms with van der Waals surface area (Å²) >= 11 is 0. The van der Waals surface area contributed by atoms with Crippen LogP contribution in [0.25, 0.3) is 0 Å². The summed E-state index contributed by atoms with van der Waals surface area (Å²) in [6.45, 7) is 5.42. The second kappa shape index (κ2) is 7.34. The summed E-state index contributed by atoms with van der Waals surface area (Å²) in [6, 6.07) is 3.93. The number of aryl methyl sites for hydroxylation is 3. The average molecular weight is 353 g/mol. The van der Waals surface area contributed by atoms with Crippen LogP contribution in [0, 0.1) is 26.7 Å². The first kappa shape index (κ1) is 18.4. The van der Waals surface area contributed by atoms with Crippen LogP contribution in [0.2, 0.25) is 0 Å². The summed E-state index contributed by atoms with van der Waals surface area (Å²) in [7, 11) is -3.01. The van der Waals surface area contributed by atoms with Gasteiger partial charge >= 0.3 is 5.97 Å². The number of nitrogens with one attached hydrogen (secondary N) is 1. The fourth-order valence-corrected chi connectivity index (χ4v) is 4.89. The van der Waals surface area contributed by atoms with Gasteiger partial charge in [0, 0.05) is 12.1 Å². The Labute approximate surface area is 142 Å². The molecule has 0 saturated carbocycles. The van der Waals surface area contributed by atoms with E-state index < -0.39 is 21.7 Å². The van der Waals surface area contributed by atoms with E-state index in [1.165, 1.54) is 0 Å². The minimum atomic E-state index is -3.01. The zero-order valence-corrected chi connectivity index (χ0v) is 15.0.